The van der Waals surface area contributed by atoms with Crippen molar-refractivity contribution in [2.75, 3.05) is 0 Å². The maximum atomic E-state index is 5.04. The zero-order valence-electron chi connectivity index (χ0n) is 28.5. The molecule has 0 aliphatic rings. The fourth-order valence-electron chi connectivity index (χ4n) is 6.88. The van der Waals surface area contributed by atoms with Crippen LogP contribution in [0.3, 0.4) is 0 Å². The van der Waals surface area contributed by atoms with Gasteiger partial charge in [0.05, 0.1) is 32.5 Å². The molecular formula is C45H36N4S2. The Hall–Kier alpha value is -5.56. The lowest BCUT2D eigenvalue weighted by atomic mass is 9.70. The van der Waals surface area contributed by atoms with Crippen LogP contribution in [0, 0.1) is 0 Å². The van der Waals surface area contributed by atoms with Crippen molar-refractivity contribution in [3.05, 3.63) is 167 Å². The molecule has 0 unspecified atom stereocenters. The van der Waals surface area contributed by atoms with Crippen molar-refractivity contribution in [1.82, 2.24) is 19.9 Å². The molecular weight excluding hydrogens is 661 g/mol. The summed E-state index contributed by atoms with van der Waals surface area (Å²) in [7, 11) is 0. The molecule has 0 atom stereocenters. The molecule has 0 saturated carbocycles. The molecule has 0 amide bonds. The number of benzene rings is 4. The minimum atomic E-state index is -0.152. The first-order valence-electron chi connectivity index (χ1n) is 17.3. The van der Waals surface area contributed by atoms with E-state index < -0.39 is 0 Å². The highest BCUT2D eigenvalue weighted by Crippen LogP contribution is 2.41. The summed E-state index contributed by atoms with van der Waals surface area (Å²) < 4.78 is 0. The largest absolute Gasteiger partial charge is 0.228 e. The third kappa shape index (κ3) is 6.56. The maximum absolute atomic E-state index is 5.04. The predicted octanol–water partition coefficient (Wildman–Crippen LogP) is 12.5. The van der Waals surface area contributed by atoms with E-state index in [-0.39, 0.29) is 5.41 Å². The lowest BCUT2D eigenvalue weighted by Gasteiger charge is -2.33. The lowest BCUT2D eigenvalue weighted by Crippen LogP contribution is -2.26. The number of rotatable bonds is 10. The second-order valence-electron chi connectivity index (χ2n) is 12.6. The summed E-state index contributed by atoms with van der Waals surface area (Å²) in [6.45, 7) is 4.57. The molecule has 4 aromatic heterocycles. The first kappa shape index (κ1) is 32.6. The van der Waals surface area contributed by atoms with Gasteiger partial charge in [0.1, 0.15) is 0 Å². The molecule has 4 heterocycles. The van der Waals surface area contributed by atoms with Crippen LogP contribution in [-0.4, -0.2) is 19.9 Å². The molecule has 0 aliphatic heterocycles. The van der Waals surface area contributed by atoms with Crippen molar-refractivity contribution in [3.63, 3.8) is 0 Å². The topological polar surface area (TPSA) is 51.6 Å². The number of hydrogen-bond donors (Lipinski definition) is 0. The van der Waals surface area contributed by atoms with Crippen molar-refractivity contribution in [2.45, 2.75) is 32.1 Å². The van der Waals surface area contributed by atoms with Gasteiger partial charge in [-0.1, -0.05) is 135 Å². The van der Waals surface area contributed by atoms with E-state index in [1.54, 1.807) is 22.7 Å². The van der Waals surface area contributed by atoms with Crippen molar-refractivity contribution < 1.29 is 0 Å². The highest BCUT2D eigenvalue weighted by molar-refractivity contribution is 7.13. The summed E-state index contributed by atoms with van der Waals surface area (Å²) in [5.74, 6) is 1.46. The molecule has 0 saturated heterocycles. The fraction of sp³-hybridized carbons (Fsp3) is 0.111. The Morgan fingerprint density at radius 1 is 0.412 bits per heavy atom. The van der Waals surface area contributed by atoms with Crippen LogP contribution in [0.4, 0.5) is 0 Å². The molecule has 0 aliphatic carbocycles. The Labute approximate surface area is 307 Å². The van der Waals surface area contributed by atoms with Crippen LogP contribution in [0.5, 0.6) is 0 Å². The van der Waals surface area contributed by atoms with Crippen molar-refractivity contribution in [2.24, 2.45) is 0 Å². The summed E-state index contributed by atoms with van der Waals surface area (Å²) >= 11 is 3.39. The maximum Gasteiger partial charge on any atom is 0.160 e. The Kier molecular flexibility index (Phi) is 9.18. The highest BCUT2D eigenvalue weighted by Gasteiger charge is 2.31. The molecule has 0 N–H and O–H groups in total. The first-order valence-corrected chi connectivity index (χ1v) is 19.1. The lowest BCUT2D eigenvalue weighted by molar-refractivity contribution is 0.478. The van der Waals surface area contributed by atoms with E-state index in [0.717, 1.165) is 79.3 Å². The first-order chi connectivity index (χ1) is 25.1. The normalized spacial score (nSPS) is 11.5. The molecule has 0 bridgehead atoms. The fourth-order valence-corrected chi connectivity index (χ4v) is 8.25. The van der Waals surface area contributed by atoms with Gasteiger partial charge < -0.3 is 0 Å². The smallest absolute Gasteiger partial charge is 0.160 e. The van der Waals surface area contributed by atoms with E-state index in [4.69, 9.17) is 19.9 Å². The van der Waals surface area contributed by atoms with Crippen LogP contribution in [0.1, 0.15) is 37.8 Å². The van der Waals surface area contributed by atoms with E-state index in [1.165, 1.54) is 11.1 Å². The van der Waals surface area contributed by atoms with Crippen LogP contribution in [0.25, 0.3) is 66.4 Å². The van der Waals surface area contributed by atoms with E-state index in [0.29, 0.717) is 0 Å². The Balaban J connectivity index is 1.13. The Bertz CT molecular complexity index is 2180. The zero-order chi connectivity index (χ0) is 34.6. The van der Waals surface area contributed by atoms with E-state index >= 15 is 0 Å². The average Bonchev–Trinajstić information content (AvgIpc) is 3.96. The summed E-state index contributed by atoms with van der Waals surface area (Å²) in [5, 5.41) is 4.18. The molecule has 4 aromatic carbocycles. The van der Waals surface area contributed by atoms with Crippen molar-refractivity contribution in [3.8, 4) is 66.4 Å². The van der Waals surface area contributed by atoms with Gasteiger partial charge in [-0.2, -0.15) is 0 Å². The SMILES string of the molecule is CCC(CC)(c1ccc(-c2nc(-c3ccccc3)cc(-c3cccs3)n2)cc1)c1ccc(-c2nc(-c3ccccc3)cc(-c3cccs3)n2)cc1. The number of aromatic nitrogens is 4. The highest BCUT2D eigenvalue weighted by atomic mass is 32.1. The second-order valence-corrected chi connectivity index (χ2v) is 14.5. The predicted molar refractivity (Wildman–Crippen MR) is 214 cm³/mol. The van der Waals surface area contributed by atoms with Gasteiger partial charge in [0.15, 0.2) is 11.6 Å². The van der Waals surface area contributed by atoms with Gasteiger partial charge in [0.25, 0.3) is 0 Å². The monoisotopic (exact) mass is 696 g/mol. The molecule has 8 aromatic rings. The van der Waals surface area contributed by atoms with Crippen molar-refractivity contribution >= 4 is 22.7 Å². The Morgan fingerprint density at radius 2 is 0.804 bits per heavy atom. The quantitative estimate of drug-likeness (QED) is 0.143. The summed E-state index contributed by atoms with van der Waals surface area (Å²) in [5.41, 5.74) is 10.3. The molecule has 8 rings (SSSR count). The van der Waals surface area contributed by atoms with Gasteiger partial charge in [-0.25, -0.2) is 19.9 Å². The number of thiophene rings is 2. The third-order valence-corrected chi connectivity index (χ3v) is 11.5. The Morgan fingerprint density at radius 3 is 1.16 bits per heavy atom. The van der Waals surface area contributed by atoms with Gasteiger partial charge in [0, 0.05) is 27.7 Å². The van der Waals surface area contributed by atoms with Crippen molar-refractivity contribution in [1.29, 1.82) is 0 Å². The molecule has 6 heteroatoms. The van der Waals surface area contributed by atoms with E-state index in [9.17, 15) is 0 Å². The molecule has 4 nitrogen and oxygen atoms in total. The summed E-state index contributed by atoms with van der Waals surface area (Å²) in [6.07, 6.45) is 1.93. The van der Waals surface area contributed by atoms with Crippen LogP contribution >= 0.6 is 22.7 Å². The van der Waals surface area contributed by atoms with Crippen LogP contribution in [0.2, 0.25) is 0 Å². The number of hydrogen-bond acceptors (Lipinski definition) is 6. The zero-order valence-corrected chi connectivity index (χ0v) is 30.2. The molecule has 248 valence electrons. The van der Waals surface area contributed by atoms with E-state index in [2.05, 4.69) is 158 Å². The third-order valence-electron chi connectivity index (χ3n) is 9.74. The van der Waals surface area contributed by atoms with Gasteiger partial charge >= 0.3 is 0 Å². The van der Waals surface area contributed by atoms with Crippen LogP contribution in [-0.2, 0) is 5.41 Å². The number of nitrogens with zero attached hydrogens (tertiary/aromatic N) is 4. The molecule has 0 fully saturated rings. The van der Waals surface area contributed by atoms with Crippen LogP contribution in [0.15, 0.2) is 156 Å². The van der Waals surface area contributed by atoms with Gasteiger partial charge in [-0.05, 0) is 59.0 Å². The minimum Gasteiger partial charge on any atom is -0.228 e. The van der Waals surface area contributed by atoms with E-state index in [1.807, 2.05) is 12.1 Å². The summed E-state index contributed by atoms with van der Waals surface area (Å²) in [6, 6.07) is 51.0. The van der Waals surface area contributed by atoms with Gasteiger partial charge in [-0.3, -0.25) is 0 Å². The molecule has 0 radical (unpaired) electrons. The molecule has 0 spiro atoms. The standard InChI is InChI=1S/C45H36N4S2/c1-3-45(4-2,35-23-19-33(20-24-35)43-46-37(31-13-7-5-8-14-31)29-39(48-43)41-17-11-27-50-41)36-25-21-34(22-26-36)44-47-38(32-15-9-6-10-16-32)30-40(49-44)42-18-12-28-51-42/h5-30H,3-4H2,1-2H3. The molecule has 51 heavy (non-hydrogen) atoms. The summed E-state index contributed by atoms with van der Waals surface area (Å²) in [4.78, 5) is 22.4. The minimum absolute atomic E-state index is 0.152. The van der Waals surface area contributed by atoms with Gasteiger partial charge in [-0.15, -0.1) is 22.7 Å². The second kappa shape index (κ2) is 14.4. The van der Waals surface area contributed by atoms with Crippen LogP contribution < -0.4 is 0 Å². The van der Waals surface area contributed by atoms with Gasteiger partial charge in [0.2, 0.25) is 0 Å². The average molecular weight is 697 g/mol.